The third kappa shape index (κ3) is 3.35. The highest BCUT2D eigenvalue weighted by Gasteiger charge is 2.19. The topological polar surface area (TPSA) is 82.0 Å². The molecule has 31 heavy (non-hydrogen) atoms. The number of nitrogens with one attached hydrogen (secondary N) is 1. The van der Waals surface area contributed by atoms with Gasteiger partial charge in [-0.15, -0.1) is 0 Å². The van der Waals surface area contributed by atoms with Gasteiger partial charge in [0.05, 0.1) is 27.9 Å². The normalized spacial score (nSPS) is 11.4. The highest BCUT2D eigenvalue weighted by atomic mass is 35.5. The van der Waals surface area contributed by atoms with Crippen LogP contribution in [0.1, 0.15) is 0 Å². The summed E-state index contributed by atoms with van der Waals surface area (Å²) in [4.78, 5) is 4.68. The summed E-state index contributed by atoms with van der Waals surface area (Å²) in [7, 11) is -1.91. The van der Waals surface area contributed by atoms with Crippen LogP contribution in [0.5, 0.6) is 0 Å². The van der Waals surface area contributed by atoms with Gasteiger partial charge in [0, 0.05) is 21.8 Å². The van der Waals surface area contributed by atoms with E-state index in [0.717, 1.165) is 21.9 Å². The van der Waals surface area contributed by atoms with Crippen molar-refractivity contribution in [1.82, 2.24) is 15.2 Å². The van der Waals surface area contributed by atoms with E-state index >= 15 is 0 Å². The molecule has 0 unspecified atom stereocenters. The zero-order chi connectivity index (χ0) is 21.7. The molecule has 0 radical (unpaired) electrons. The van der Waals surface area contributed by atoms with Gasteiger partial charge in [-0.05, 0) is 47.5 Å². The van der Waals surface area contributed by atoms with E-state index in [1.165, 1.54) is 24.3 Å². The molecule has 0 aliphatic heterocycles. The Labute approximate surface area is 180 Å². The van der Waals surface area contributed by atoms with Crippen LogP contribution in [-0.2, 0) is 0 Å². The maximum atomic E-state index is 14.4. The molecular weight excluding hydrogens is 423 g/mol. The number of rotatable bonds is 3. The fraction of sp³-hybridized carbons (Fsp3) is 0. The molecule has 152 valence electrons. The van der Waals surface area contributed by atoms with Crippen LogP contribution in [0.15, 0.2) is 60.8 Å². The largest absolute Gasteiger partial charge is 0.491 e. The molecule has 5 nitrogen and oxygen atoms in total. The lowest BCUT2D eigenvalue weighted by Gasteiger charge is -2.12. The maximum absolute atomic E-state index is 14.4. The fourth-order valence-corrected chi connectivity index (χ4v) is 3.87. The van der Waals surface area contributed by atoms with Crippen molar-refractivity contribution in [1.29, 1.82) is 0 Å². The molecule has 0 aliphatic carbocycles. The highest BCUT2D eigenvalue weighted by Crippen LogP contribution is 2.37. The lowest BCUT2D eigenvalue weighted by Crippen LogP contribution is -2.32. The van der Waals surface area contributed by atoms with Crippen LogP contribution >= 0.6 is 11.6 Å². The summed E-state index contributed by atoms with van der Waals surface area (Å²) >= 11 is 6.03. The zero-order valence-corrected chi connectivity index (χ0v) is 16.5. The molecule has 5 rings (SSSR count). The second kappa shape index (κ2) is 7.42. The molecule has 5 aromatic rings. The van der Waals surface area contributed by atoms with Crippen LogP contribution in [0, 0.1) is 11.6 Å². The van der Waals surface area contributed by atoms with Crippen molar-refractivity contribution in [2.75, 3.05) is 0 Å². The van der Waals surface area contributed by atoms with Gasteiger partial charge in [-0.3, -0.25) is 5.10 Å². The third-order valence-electron chi connectivity index (χ3n) is 5.20. The summed E-state index contributed by atoms with van der Waals surface area (Å²) < 4.78 is 28.2. The second-order valence-electron chi connectivity index (χ2n) is 7.08. The van der Waals surface area contributed by atoms with E-state index in [4.69, 9.17) is 11.6 Å². The molecule has 2 aromatic heterocycles. The first-order chi connectivity index (χ1) is 14.9. The number of benzene rings is 3. The number of fused-ring (bicyclic) bond motifs is 3. The first-order valence-electron chi connectivity index (χ1n) is 9.30. The van der Waals surface area contributed by atoms with Gasteiger partial charge in [-0.2, -0.15) is 5.10 Å². The molecule has 0 spiro atoms. The summed E-state index contributed by atoms with van der Waals surface area (Å²) in [6, 6.07) is 13.9. The molecular formula is C22H13BClF2N3O2. The Hall–Kier alpha value is -3.33. The Morgan fingerprint density at radius 3 is 2.45 bits per heavy atom. The SMILES string of the molecule is OB(O)c1ccc(-c2cc(-c3ccc(F)c(Cl)c3)c3c(ccc4[nH]ncc43)n2)cc1F. The van der Waals surface area contributed by atoms with Crippen molar-refractivity contribution in [3.05, 3.63) is 77.5 Å². The van der Waals surface area contributed by atoms with Gasteiger partial charge in [-0.1, -0.05) is 29.8 Å². The standard InChI is InChI=1S/C22H13BClF2N3O2/c24-16-7-11(2-4-17(16)25)13-9-21(12-1-3-15(23(30)31)18(26)8-12)28-20-6-5-19-14(22(13)20)10-27-29-19/h1-10,30-31H,(H,27,29). The Kier molecular flexibility index (Phi) is 4.70. The van der Waals surface area contributed by atoms with Crippen LogP contribution in [0.4, 0.5) is 8.78 Å². The van der Waals surface area contributed by atoms with E-state index in [2.05, 4.69) is 15.2 Å². The molecule has 9 heteroatoms. The summed E-state index contributed by atoms with van der Waals surface area (Å²) in [5.74, 6) is -1.29. The van der Waals surface area contributed by atoms with Gasteiger partial charge in [0.2, 0.25) is 0 Å². The van der Waals surface area contributed by atoms with Crippen molar-refractivity contribution in [2.24, 2.45) is 0 Å². The number of H-pyrrole nitrogens is 1. The first-order valence-corrected chi connectivity index (χ1v) is 9.68. The number of aromatic nitrogens is 3. The van der Waals surface area contributed by atoms with Crippen LogP contribution in [0.3, 0.4) is 0 Å². The summed E-state index contributed by atoms with van der Waals surface area (Å²) in [5.41, 5.74) is 3.51. The Bertz CT molecular complexity index is 1470. The molecule has 0 aliphatic rings. The van der Waals surface area contributed by atoms with E-state index < -0.39 is 18.8 Å². The quantitative estimate of drug-likeness (QED) is 0.373. The number of hydrogen-bond acceptors (Lipinski definition) is 4. The second-order valence-corrected chi connectivity index (χ2v) is 7.49. The minimum atomic E-state index is -1.91. The van der Waals surface area contributed by atoms with Gasteiger partial charge in [0.1, 0.15) is 11.6 Å². The molecule has 0 atom stereocenters. The molecule has 0 fully saturated rings. The summed E-state index contributed by atoms with van der Waals surface area (Å²) in [6.07, 6.45) is 1.69. The van der Waals surface area contributed by atoms with Crippen LogP contribution in [-0.4, -0.2) is 32.3 Å². The summed E-state index contributed by atoms with van der Waals surface area (Å²) in [6.45, 7) is 0. The smallest absolute Gasteiger partial charge is 0.423 e. The lowest BCUT2D eigenvalue weighted by atomic mass is 9.79. The van der Waals surface area contributed by atoms with Gasteiger partial charge in [0.15, 0.2) is 0 Å². The molecule has 0 saturated carbocycles. The minimum Gasteiger partial charge on any atom is -0.423 e. The summed E-state index contributed by atoms with van der Waals surface area (Å²) in [5, 5.41) is 27.2. The van der Waals surface area contributed by atoms with E-state index in [9.17, 15) is 18.8 Å². The molecule has 0 bridgehead atoms. The average Bonchev–Trinajstić information content (AvgIpc) is 3.23. The Balaban J connectivity index is 1.81. The highest BCUT2D eigenvalue weighted by molar-refractivity contribution is 6.58. The van der Waals surface area contributed by atoms with E-state index in [0.29, 0.717) is 22.3 Å². The van der Waals surface area contributed by atoms with Gasteiger partial charge < -0.3 is 10.0 Å². The Morgan fingerprint density at radius 2 is 1.71 bits per heavy atom. The van der Waals surface area contributed by atoms with E-state index in [-0.39, 0.29) is 10.5 Å². The zero-order valence-electron chi connectivity index (χ0n) is 15.8. The predicted molar refractivity (Wildman–Crippen MR) is 117 cm³/mol. The van der Waals surface area contributed by atoms with Gasteiger partial charge in [0.25, 0.3) is 0 Å². The van der Waals surface area contributed by atoms with Crippen LogP contribution in [0.2, 0.25) is 5.02 Å². The van der Waals surface area contributed by atoms with Crippen molar-refractivity contribution in [3.63, 3.8) is 0 Å². The number of aromatic amines is 1. The minimum absolute atomic E-state index is 0.0179. The third-order valence-corrected chi connectivity index (χ3v) is 5.49. The lowest BCUT2D eigenvalue weighted by molar-refractivity contribution is 0.423. The molecule has 3 aromatic carbocycles. The van der Waals surface area contributed by atoms with E-state index in [1.807, 2.05) is 12.1 Å². The maximum Gasteiger partial charge on any atom is 0.491 e. The van der Waals surface area contributed by atoms with Crippen molar-refractivity contribution < 1.29 is 18.8 Å². The number of pyridine rings is 1. The first kappa shape index (κ1) is 19.6. The molecule has 0 saturated heterocycles. The van der Waals surface area contributed by atoms with Crippen LogP contribution in [0.25, 0.3) is 44.2 Å². The Morgan fingerprint density at radius 1 is 0.903 bits per heavy atom. The number of hydrogen-bond donors (Lipinski definition) is 3. The molecule has 3 N–H and O–H groups in total. The fourth-order valence-electron chi connectivity index (χ4n) is 3.69. The van der Waals surface area contributed by atoms with Gasteiger partial charge >= 0.3 is 7.12 Å². The number of halogens is 3. The molecule has 2 heterocycles. The van der Waals surface area contributed by atoms with Crippen molar-refractivity contribution >= 4 is 46.0 Å². The van der Waals surface area contributed by atoms with Crippen LogP contribution < -0.4 is 5.46 Å². The predicted octanol–water partition coefficient (Wildman–Crippen LogP) is 4.06. The number of nitrogens with zero attached hydrogens (tertiary/aromatic N) is 2. The van der Waals surface area contributed by atoms with Crippen molar-refractivity contribution in [3.8, 4) is 22.4 Å². The van der Waals surface area contributed by atoms with E-state index in [1.54, 1.807) is 24.4 Å². The van der Waals surface area contributed by atoms with Gasteiger partial charge in [-0.25, -0.2) is 13.8 Å². The average molecular weight is 436 g/mol. The van der Waals surface area contributed by atoms with Crippen molar-refractivity contribution in [2.45, 2.75) is 0 Å². The monoisotopic (exact) mass is 435 g/mol. The molecule has 0 amide bonds.